The van der Waals surface area contributed by atoms with Gasteiger partial charge in [-0.05, 0) is 38.2 Å². The Morgan fingerprint density at radius 2 is 1.03 bits per heavy atom. The van der Waals surface area contributed by atoms with E-state index in [0.29, 0.717) is 5.82 Å². The molecule has 2 heterocycles. The normalized spacial score (nSPS) is 10.9. The molecule has 6 aromatic rings. The van der Waals surface area contributed by atoms with Gasteiger partial charge in [-0.25, -0.2) is 10.1 Å². The predicted molar refractivity (Wildman–Crippen MR) is 137 cm³/mol. The SMILES string of the molecule is c1ccc(-c2ccc(-c3nc(-c4nnn[nH]4)sc3-c3ccc(-c4ccccc4)cc3)cc2)cc1. The zero-order valence-corrected chi connectivity index (χ0v) is 18.9. The van der Waals surface area contributed by atoms with Crippen LogP contribution in [0.4, 0.5) is 0 Å². The first-order valence-corrected chi connectivity index (χ1v) is 11.7. The lowest BCUT2D eigenvalue weighted by Gasteiger charge is -2.07. The molecule has 0 bridgehead atoms. The van der Waals surface area contributed by atoms with Gasteiger partial charge in [-0.15, -0.1) is 16.4 Å². The van der Waals surface area contributed by atoms with Crippen LogP contribution in [0.5, 0.6) is 0 Å². The summed E-state index contributed by atoms with van der Waals surface area (Å²) in [4.78, 5) is 6.01. The van der Waals surface area contributed by atoms with Gasteiger partial charge in [-0.3, -0.25) is 0 Å². The summed E-state index contributed by atoms with van der Waals surface area (Å²) in [6.07, 6.45) is 0. The van der Waals surface area contributed by atoms with E-state index in [0.717, 1.165) is 26.7 Å². The lowest BCUT2D eigenvalue weighted by Crippen LogP contribution is -1.85. The number of aromatic nitrogens is 5. The third-order valence-electron chi connectivity index (χ3n) is 5.69. The number of thiazole rings is 1. The minimum atomic E-state index is 0.569. The molecule has 0 fully saturated rings. The maximum atomic E-state index is 4.93. The van der Waals surface area contributed by atoms with Gasteiger partial charge >= 0.3 is 0 Å². The van der Waals surface area contributed by atoms with Crippen LogP contribution in [-0.2, 0) is 0 Å². The zero-order valence-electron chi connectivity index (χ0n) is 18.1. The molecule has 0 aliphatic heterocycles. The van der Waals surface area contributed by atoms with Crippen LogP contribution < -0.4 is 0 Å². The summed E-state index contributed by atoms with van der Waals surface area (Å²) in [5, 5.41) is 15.1. The van der Waals surface area contributed by atoms with Crippen LogP contribution in [0.1, 0.15) is 0 Å². The Labute approximate surface area is 200 Å². The molecule has 0 saturated heterocycles. The molecule has 4 aromatic carbocycles. The van der Waals surface area contributed by atoms with Crippen molar-refractivity contribution >= 4 is 11.3 Å². The van der Waals surface area contributed by atoms with E-state index in [9.17, 15) is 0 Å². The van der Waals surface area contributed by atoms with Crippen LogP contribution in [-0.4, -0.2) is 25.6 Å². The Morgan fingerprint density at radius 3 is 1.56 bits per heavy atom. The van der Waals surface area contributed by atoms with E-state index in [4.69, 9.17) is 4.98 Å². The zero-order chi connectivity index (χ0) is 22.7. The van der Waals surface area contributed by atoms with E-state index < -0.39 is 0 Å². The number of nitrogens with one attached hydrogen (secondary N) is 1. The lowest BCUT2D eigenvalue weighted by atomic mass is 10.00. The third kappa shape index (κ3) is 3.91. The van der Waals surface area contributed by atoms with Crippen molar-refractivity contribution in [2.45, 2.75) is 0 Å². The Morgan fingerprint density at radius 1 is 0.529 bits per heavy atom. The molecule has 162 valence electrons. The third-order valence-corrected chi connectivity index (χ3v) is 6.81. The largest absolute Gasteiger partial charge is 0.237 e. The molecule has 0 aliphatic rings. The van der Waals surface area contributed by atoms with Gasteiger partial charge in [-0.2, -0.15) is 0 Å². The maximum absolute atomic E-state index is 4.93. The smallest absolute Gasteiger partial charge is 0.208 e. The average Bonchev–Trinajstić information content (AvgIpc) is 3.61. The quantitative estimate of drug-likeness (QED) is 0.303. The average molecular weight is 458 g/mol. The first kappa shape index (κ1) is 20.2. The van der Waals surface area contributed by atoms with Gasteiger partial charge in [0.25, 0.3) is 0 Å². The molecule has 0 amide bonds. The molecule has 0 radical (unpaired) electrons. The van der Waals surface area contributed by atoms with Crippen LogP contribution in [0.15, 0.2) is 109 Å². The summed E-state index contributed by atoms with van der Waals surface area (Å²) in [6, 6.07) is 37.9. The van der Waals surface area contributed by atoms with Crippen LogP contribution in [0, 0.1) is 0 Å². The van der Waals surface area contributed by atoms with E-state index in [1.165, 1.54) is 22.3 Å². The summed E-state index contributed by atoms with van der Waals surface area (Å²) >= 11 is 1.58. The molecule has 2 aromatic heterocycles. The molecule has 0 aliphatic carbocycles. The van der Waals surface area contributed by atoms with E-state index >= 15 is 0 Å². The highest BCUT2D eigenvalue weighted by Gasteiger charge is 2.18. The number of H-pyrrole nitrogens is 1. The van der Waals surface area contributed by atoms with Gasteiger partial charge in [0.2, 0.25) is 5.82 Å². The number of aromatic amines is 1. The molecule has 0 atom stereocenters. The van der Waals surface area contributed by atoms with Gasteiger partial charge < -0.3 is 0 Å². The van der Waals surface area contributed by atoms with Crippen LogP contribution in [0.25, 0.3) is 54.8 Å². The topological polar surface area (TPSA) is 67.3 Å². The molecule has 34 heavy (non-hydrogen) atoms. The standard InChI is InChI=1S/C28H19N5S/c1-3-7-19(8-4-1)21-11-15-23(16-12-21)25-26(34-28(29-25)27-30-32-33-31-27)24-17-13-22(14-18-24)20-9-5-2-6-10-20/h1-18H,(H,30,31,32,33). The molecule has 5 nitrogen and oxygen atoms in total. The van der Waals surface area contributed by atoms with Crippen molar-refractivity contribution in [3.05, 3.63) is 109 Å². The van der Waals surface area contributed by atoms with Crippen LogP contribution >= 0.6 is 11.3 Å². The summed E-state index contributed by atoms with van der Waals surface area (Å²) < 4.78 is 0. The summed E-state index contributed by atoms with van der Waals surface area (Å²) in [5.41, 5.74) is 7.83. The summed E-state index contributed by atoms with van der Waals surface area (Å²) in [6.45, 7) is 0. The molecule has 6 heteroatoms. The Bertz CT molecular complexity index is 1410. The molecular formula is C28H19N5S. The molecule has 0 saturated carbocycles. The van der Waals surface area contributed by atoms with E-state index in [-0.39, 0.29) is 0 Å². The van der Waals surface area contributed by atoms with Crippen molar-refractivity contribution in [3.63, 3.8) is 0 Å². The first-order valence-electron chi connectivity index (χ1n) is 10.9. The first-order chi connectivity index (χ1) is 16.8. The van der Waals surface area contributed by atoms with Crippen molar-refractivity contribution < 1.29 is 0 Å². The molecule has 6 rings (SSSR count). The van der Waals surface area contributed by atoms with Crippen LogP contribution in [0.3, 0.4) is 0 Å². The molecule has 1 N–H and O–H groups in total. The van der Waals surface area contributed by atoms with Crippen molar-refractivity contribution in [2.75, 3.05) is 0 Å². The molecule has 0 spiro atoms. The minimum absolute atomic E-state index is 0.569. The number of hydrogen-bond donors (Lipinski definition) is 1. The highest BCUT2D eigenvalue weighted by molar-refractivity contribution is 7.18. The van der Waals surface area contributed by atoms with Gasteiger partial charge in [0.05, 0.1) is 10.6 Å². The van der Waals surface area contributed by atoms with E-state index in [1.54, 1.807) is 11.3 Å². The fourth-order valence-electron chi connectivity index (χ4n) is 3.96. The second-order valence-corrected chi connectivity index (χ2v) is 8.83. The Kier molecular flexibility index (Phi) is 5.26. The van der Waals surface area contributed by atoms with Gasteiger partial charge in [0, 0.05) is 5.56 Å². The summed E-state index contributed by atoms with van der Waals surface area (Å²) in [7, 11) is 0. The van der Waals surface area contributed by atoms with Crippen molar-refractivity contribution in [1.29, 1.82) is 0 Å². The second kappa shape index (κ2) is 8.84. The number of tetrazole rings is 1. The number of hydrogen-bond acceptors (Lipinski definition) is 5. The number of benzene rings is 4. The van der Waals surface area contributed by atoms with Crippen LogP contribution in [0.2, 0.25) is 0 Å². The fraction of sp³-hybridized carbons (Fsp3) is 0. The Hall–Kier alpha value is -4.42. The van der Waals surface area contributed by atoms with Crippen molar-refractivity contribution in [1.82, 2.24) is 25.6 Å². The highest BCUT2D eigenvalue weighted by atomic mass is 32.1. The van der Waals surface area contributed by atoms with Gasteiger partial charge in [0.1, 0.15) is 0 Å². The van der Waals surface area contributed by atoms with Gasteiger partial charge in [0.15, 0.2) is 5.01 Å². The highest BCUT2D eigenvalue weighted by Crippen LogP contribution is 2.40. The number of rotatable bonds is 5. The fourth-order valence-corrected chi connectivity index (χ4v) is 4.99. The lowest BCUT2D eigenvalue weighted by molar-refractivity contribution is 0.881. The van der Waals surface area contributed by atoms with Crippen molar-refractivity contribution in [3.8, 4) is 54.8 Å². The number of nitrogens with zero attached hydrogens (tertiary/aromatic N) is 4. The maximum Gasteiger partial charge on any atom is 0.208 e. The van der Waals surface area contributed by atoms with Crippen molar-refractivity contribution in [2.24, 2.45) is 0 Å². The second-order valence-electron chi connectivity index (χ2n) is 7.83. The van der Waals surface area contributed by atoms with E-state index in [2.05, 4.69) is 118 Å². The molecule has 0 unspecified atom stereocenters. The summed E-state index contributed by atoms with van der Waals surface area (Å²) in [5.74, 6) is 0.569. The van der Waals surface area contributed by atoms with Gasteiger partial charge in [-0.1, -0.05) is 109 Å². The Balaban J connectivity index is 1.41. The monoisotopic (exact) mass is 457 g/mol. The van der Waals surface area contributed by atoms with E-state index in [1.807, 2.05) is 12.1 Å². The minimum Gasteiger partial charge on any atom is -0.237 e. The molecular weight excluding hydrogens is 438 g/mol. The predicted octanol–water partition coefficient (Wildman–Crippen LogP) is 6.99.